The lowest BCUT2D eigenvalue weighted by Gasteiger charge is -2.17. The Hall–Kier alpha value is -8.28. The zero-order valence-electron chi connectivity index (χ0n) is 35.9. The molecule has 5 heteroatoms. The summed E-state index contributed by atoms with van der Waals surface area (Å²) in [7, 11) is 3.96. The Labute approximate surface area is 371 Å². The lowest BCUT2D eigenvalue weighted by atomic mass is 9.92. The highest BCUT2D eigenvalue weighted by molar-refractivity contribution is 6.32. The van der Waals surface area contributed by atoms with E-state index in [2.05, 4.69) is 164 Å². The summed E-state index contributed by atoms with van der Waals surface area (Å²) in [4.78, 5) is 7.01. The maximum absolute atomic E-state index is 9.22. The van der Waals surface area contributed by atoms with E-state index < -0.39 is 0 Å². The Morgan fingerprint density at radius 3 is 1.77 bits per heavy atom. The third-order valence-electron chi connectivity index (χ3n) is 12.5. The molecule has 11 aromatic rings. The van der Waals surface area contributed by atoms with Crippen molar-refractivity contribution >= 4 is 83.0 Å². The first-order valence-corrected chi connectivity index (χ1v) is 21.6. The monoisotopic (exact) mass is 824 g/mol. The maximum Gasteiger partial charge on any atom is 0.154 e. The van der Waals surface area contributed by atoms with Crippen molar-refractivity contribution in [3.8, 4) is 27.9 Å². The fourth-order valence-corrected chi connectivity index (χ4v) is 9.61. The third-order valence-corrected chi connectivity index (χ3v) is 12.5. The largest absolute Gasteiger partial charge is 0.456 e. The van der Waals surface area contributed by atoms with Crippen molar-refractivity contribution in [3.63, 3.8) is 0 Å². The second-order valence-electron chi connectivity index (χ2n) is 16.6. The third kappa shape index (κ3) is 6.32. The molecule has 9 aromatic carbocycles. The van der Waals surface area contributed by atoms with Crippen LogP contribution in [0.3, 0.4) is 0 Å². The Morgan fingerprint density at radius 1 is 0.594 bits per heavy atom. The molecule has 0 saturated heterocycles. The highest BCUT2D eigenvalue weighted by atomic mass is 16.3. The number of aryl methyl sites for hydroxylation is 1. The molecule has 306 valence electrons. The first-order valence-electron chi connectivity index (χ1n) is 21.6. The fourth-order valence-electron chi connectivity index (χ4n) is 9.61. The molecule has 0 atom stereocenters. The zero-order chi connectivity index (χ0) is 43.5. The number of furan rings is 1. The number of aliphatic imine (C=N–C) groups is 1. The minimum Gasteiger partial charge on any atom is -0.456 e. The van der Waals surface area contributed by atoms with Crippen molar-refractivity contribution in [1.29, 1.82) is 5.41 Å². The van der Waals surface area contributed by atoms with Gasteiger partial charge in [-0.15, -0.1) is 0 Å². The van der Waals surface area contributed by atoms with Gasteiger partial charge in [-0.3, -0.25) is 5.41 Å². The van der Waals surface area contributed by atoms with Crippen molar-refractivity contribution in [3.05, 3.63) is 217 Å². The van der Waals surface area contributed by atoms with Gasteiger partial charge >= 0.3 is 0 Å². The van der Waals surface area contributed by atoms with Gasteiger partial charge in [0.05, 0.1) is 11.0 Å². The summed E-state index contributed by atoms with van der Waals surface area (Å²) >= 11 is 0. The molecule has 0 aliphatic carbocycles. The Morgan fingerprint density at radius 2 is 1.19 bits per heavy atom. The van der Waals surface area contributed by atoms with Gasteiger partial charge in [0.25, 0.3) is 0 Å². The van der Waals surface area contributed by atoms with E-state index >= 15 is 0 Å². The molecule has 2 heterocycles. The molecular formula is C59H44N4O. The topological polar surface area (TPSA) is 57.5 Å². The number of allylic oxidation sites excluding steroid dienone is 2. The van der Waals surface area contributed by atoms with Gasteiger partial charge in [-0.1, -0.05) is 158 Å². The van der Waals surface area contributed by atoms with E-state index in [9.17, 15) is 5.41 Å². The van der Waals surface area contributed by atoms with Crippen LogP contribution < -0.4 is 0 Å². The van der Waals surface area contributed by atoms with E-state index in [1.807, 2.05) is 61.5 Å². The first-order chi connectivity index (χ1) is 31.4. The van der Waals surface area contributed by atoms with Crippen LogP contribution in [0.1, 0.15) is 22.3 Å². The van der Waals surface area contributed by atoms with E-state index in [0.29, 0.717) is 5.84 Å². The van der Waals surface area contributed by atoms with E-state index in [1.54, 1.807) is 6.08 Å². The predicted octanol–water partition coefficient (Wildman–Crippen LogP) is 15.2. The van der Waals surface area contributed by atoms with Gasteiger partial charge in [0.2, 0.25) is 0 Å². The van der Waals surface area contributed by atoms with E-state index in [0.717, 1.165) is 60.9 Å². The standard InChI is InChI=1S/C59H44N4O/c1-5-6-18-38-29-30-41(33-37(38)2)58(60)61-59(62(3)4)47-27-17-28-54-55(47)50-34-42(31-32-53(50)64-54)63-51-35-48(39-19-9-7-10-20-39)43-23-13-15-25-45(43)56(51)57-46-26-16-14-24-44(46)49(36-52(57)63)40-21-11-8-12-22-40/h5-36,60H,1H2,2-4H3/b18-6-,60-58?,61-59-. The molecular weight excluding hydrogens is 781 g/mol. The summed E-state index contributed by atoms with van der Waals surface area (Å²) < 4.78 is 9.09. The summed E-state index contributed by atoms with van der Waals surface area (Å²) in [5.74, 6) is 0.858. The number of benzene rings is 9. The summed E-state index contributed by atoms with van der Waals surface area (Å²) in [5.41, 5.74) is 13.3. The summed E-state index contributed by atoms with van der Waals surface area (Å²) in [6.07, 6.45) is 5.71. The minimum atomic E-state index is 0.185. The summed E-state index contributed by atoms with van der Waals surface area (Å²) in [6.45, 7) is 5.86. The molecule has 0 saturated carbocycles. The average molecular weight is 825 g/mol. The number of nitrogens with zero attached hydrogens (tertiary/aromatic N) is 3. The molecule has 0 amide bonds. The number of nitrogens with one attached hydrogen (secondary N) is 1. The fraction of sp³-hybridized carbons (Fsp3) is 0.0508. The van der Waals surface area contributed by atoms with Crippen molar-refractivity contribution in [1.82, 2.24) is 9.47 Å². The molecule has 1 N–H and O–H groups in total. The van der Waals surface area contributed by atoms with E-state index in [1.165, 1.54) is 54.6 Å². The molecule has 2 aromatic heterocycles. The average Bonchev–Trinajstić information content (AvgIpc) is 3.88. The van der Waals surface area contributed by atoms with Crippen LogP contribution in [0.4, 0.5) is 0 Å². The van der Waals surface area contributed by atoms with Crippen LogP contribution in [0.2, 0.25) is 0 Å². The van der Waals surface area contributed by atoms with Crippen LogP contribution in [0.15, 0.2) is 204 Å². The SMILES string of the molecule is C=C/C=C\c1ccc(C(=N)/N=C(/c2cccc3oc4ccc(-n5c6cc(-c7ccccc7)c7ccccc7c6c6c7ccccc7c(-c7ccccc7)cc65)cc4c23)N(C)C)cc1C. The quantitative estimate of drug-likeness (QED) is 0.0989. The highest BCUT2D eigenvalue weighted by Gasteiger charge is 2.23. The molecule has 0 aliphatic rings. The molecule has 64 heavy (non-hydrogen) atoms. The Balaban J connectivity index is 1.20. The lowest BCUT2D eigenvalue weighted by Crippen LogP contribution is -2.24. The molecule has 0 fully saturated rings. The lowest BCUT2D eigenvalue weighted by molar-refractivity contribution is 0.625. The number of fused-ring (bicyclic) bond motifs is 10. The first kappa shape index (κ1) is 38.6. The molecule has 0 radical (unpaired) electrons. The van der Waals surface area contributed by atoms with Crippen LogP contribution in [0.25, 0.3) is 99.3 Å². The smallest absolute Gasteiger partial charge is 0.154 e. The number of rotatable bonds is 7. The molecule has 11 rings (SSSR count). The van der Waals surface area contributed by atoms with E-state index in [4.69, 9.17) is 9.41 Å². The molecule has 0 unspecified atom stereocenters. The highest BCUT2D eigenvalue weighted by Crippen LogP contribution is 2.46. The molecule has 5 nitrogen and oxygen atoms in total. The van der Waals surface area contributed by atoms with Crippen LogP contribution in [-0.4, -0.2) is 35.2 Å². The van der Waals surface area contributed by atoms with Gasteiger partial charge in [0, 0.05) is 52.5 Å². The Kier molecular flexibility index (Phi) is 9.40. The summed E-state index contributed by atoms with van der Waals surface area (Å²) in [5, 5.41) is 18.4. The van der Waals surface area contributed by atoms with Crippen LogP contribution >= 0.6 is 0 Å². The number of hydrogen-bond acceptors (Lipinski definition) is 2. The van der Waals surface area contributed by atoms with Gasteiger partial charge in [0.1, 0.15) is 17.0 Å². The van der Waals surface area contributed by atoms with Crippen LogP contribution in [0, 0.1) is 12.3 Å². The second kappa shape index (κ2) is 15.6. The molecule has 0 spiro atoms. The number of amidine groups is 2. The van der Waals surface area contributed by atoms with Crippen molar-refractivity contribution in [2.75, 3.05) is 14.1 Å². The van der Waals surface area contributed by atoms with E-state index in [-0.39, 0.29) is 5.84 Å². The van der Waals surface area contributed by atoms with Crippen molar-refractivity contribution in [2.24, 2.45) is 4.99 Å². The minimum absolute atomic E-state index is 0.185. The molecule has 0 bridgehead atoms. The van der Waals surface area contributed by atoms with Gasteiger partial charge in [0.15, 0.2) is 5.84 Å². The number of hydrogen-bond donors (Lipinski definition) is 1. The van der Waals surface area contributed by atoms with Gasteiger partial charge in [-0.2, -0.15) is 0 Å². The summed E-state index contributed by atoms with van der Waals surface area (Å²) in [6, 6.07) is 62.6. The Bertz CT molecular complexity index is 3600. The second-order valence-corrected chi connectivity index (χ2v) is 16.6. The van der Waals surface area contributed by atoms with Crippen LogP contribution in [-0.2, 0) is 0 Å². The molecule has 0 aliphatic heterocycles. The van der Waals surface area contributed by atoms with Gasteiger partial charge < -0.3 is 13.9 Å². The van der Waals surface area contributed by atoms with Crippen molar-refractivity contribution < 1.29 is 4.42 Å². The normalized spacial score (nSPS) is 12.1. The maximum atomic E-state index is 9.22. The number of aromatic nitrogens is 1. The zero-order valence-corrected chi connectivity index (χ0v) is 35.9. The van der Waals surface area contributed by atoms with Crippen LogP contribution in [0.5, 0.6) is 0 Å². The van der Waals surface area contributed by atoms with Gasteiger partial charge in [-0.05, 0) is 104 Å². The van der Waals surface area contributed by atoms with Crippen molar-refractivity contribution in [2.45, 2.75) is 6.92 Å². The van der Waals surface area contributed by atoms with Gasteiger partial charge in [-0.25, -0.2) is 4.99 Å². The predicted molar refractivity (Wildman–Crippen MR) is 271 cm³/mol.